The minimum atomic E-state index is -1.05. The number of methoxy groups -OCH3 is 5. The minimum absolute atomic E-state index is 0.00474. The van der Waals surface area contributed by atoms with Gasteiger partial charge in [-0.2, -0.15) is 24.7 Å². The number of allylic oxidation sites excluding steroid dienone is 4. The van der Waals surface area contributed by atoms with E-state index in [1.807, 2.05) is 206 Å². The molecular weight excluding hydrogens is 1770 g/mol. The predicted octanol–water partition coefficient (Wildman–Crippen LogP) is 21.3. The number of halogens is 4. The molecule has 6 N–H and O–H groups in total. The second kappa shape index (κ2) is 48.2. The van der Waals surface area contributed by atoms with Gasteiger partial charge < -0.3 is 54.2 Å². The van der Waals surface area contributed by atoms with Crippen LogP contribution >= 0.6 is 58.9 Å². The first kappa shape index (κ1) is 92.8. The van der Waals surface area contributed by atoms with Crippen molar-refractivity contribution in [2.24, 2.45) is 0 Å². The molecular formula is C94H90BBr3ClN7O16. The summed E-state index contributed by atoms with van der Waals surface area (Å²) in [4.78, 5) is 70.7. The lowest BCUT2D eigenvalue weighted by molar-refractivity contribution is -0.155. The van der Waals surface area contributed by atoms with Crippen LogP contribution in [-0.4, -0.2) is 132 Å². The summed E-state index contributed by atoms with van der Waals surface area (Å²) in [6, 6.07) is 86.5. The highest BCUT2D eigenvalue weighted by Crippen LogP contribution is 2.42. The van der Waals surface area contributed by atoms with Gasteiger partial charge in [-0.25, -0.2) is 4.79 Å². The van der Waals surface area contributed by atoms with Crippen molar-refractivity contribution < 1.29 is 78.6 Å². The number of aliphatic hydroxyl groups is 2. The number of nitrogens with two attached hydrogens (primary N) is 1. The molecule has 5 heterocycles. The summed E-state index contributed by atoms with van der Waals surface area (Å²) >= 11 is 14.0. The van der Waals surface area contributed by atoms with Crippen LogP contribution in [-0.2, 0) is 52.6 Å². The first-order valence-electron chi connectivity index (χ1n) is 38.6. The Hall–Kier alpha value is -13.1. The molecule has 15 rings (SSSR count). The number of nitrogens with zero attached hydrogens (tertiary/aromatic N) is 5. The molecule has 0 spiro atoms. The summed E-state index contributed by atoms with van der Waals surface area (Å²) in [6.07, 6.45) is 0.712. The number of ether oxygens (including phenoxy) is 7. The monoisotopic (exact) mass is 1860 g/mol. The van der Waals surface area contributed by atoms with Crippen LogP contribution in [0.2, 0.25) is 0 Å². The van der Waals surface area contributed by atoms with Gasteiger partial charge in [-0.1, -0.05) is 244 Å². The van der Waals surface area contributed by atoms with E-state index in [-0.39, 0.29) is 68.8 Å². The number of fused-ring (bicyclic) bond motifs is 2. The maximum Gasteiger partial charge on any atom is 0.403 e. The highest BCUT2D eigenvalue weighted by atomic mass is 79.9. The number of rotatable bonds is 18. The van der Waals surface area contributed by atoms with Crippen LogP contribution in [0.4, 0.5) is 10.6 Å². The molecule has 628 valence electrons. The average molecular weight is 1860 g/mol. The van der Waals surface area contributed by atoms with Crippen molar-refractivity contribution in [1.29, 1.82) is 0 Å². The Bertz CT molecular complexity index is 5640. The number of carbonyl (C=O) groups is 6. The van der Waals surface area contributed by atoms with Crippen molar-refractivity contribution in [3.63, 3.8) is 0 Å². The fourth-order valence-corrected chi connectivity index (χ4v) is 12.7. The molecule has 0 amide bonds. The van der Waals surface area contributed by atoms with Crippen LogP contribution < -0.4 is 19.9 Å². The molecule has 2 aliphatic heterocycles. The largest absolute Gasteiger partial charge is 0.511 e. The van der Waals surface area contributed by atoms with E-state index in [0.717, 1.165) is 72.8 Å². The third kappa shape index (κ3) is 25.7. The third-order valence-electron chi connectivity index (χ3n) is 18.1. The Balaban J connectivity index is 0.000000189. The molecule has 1 atom stereocenters. The van der Waals surface area contributed by atoms with Gasteiger partial charge >= 0.3 is 26.5 Å². The van der Waals surface area contributed by atoms with Crippen molar-refractivity contribution in [3.8, 4) is 90.2 Å². The number of aromatic amines is 1. The number of esters is 3. The van der Waals surface area contributed by atoms with E-state index in [2.05, 4.69) is 76.8 Å². The normalized spacial score (nSPS) is 11.7. The highest BCUT2D eigenvalue weighted by Gasteiger charge is 2.36. The summed E-state index contributed by atoms with van der Waals surface area (Å²) < 4.78 is 42.7. The van der Waals surface area contributed by atoms with E-state index in [0.29, 0.717) is 71.0 Å². The molecule has 0 fully saturated rings. The number of nitrogens with one attached hydrogen (secondary N) is 1. The van der Waals surface area contributed by atoms with Gasteiger partial charge in [0.15, 0.2) is 11.7 Å². The molecule has 0 aliphatic carbocycles. The van der Waals surface area contributed by atoms with Crippen molar-refractivity contribution in [2.75, 3.05) is 54.5 Å². The van der Waals surface area contributed by atoms with Crippen molar-refractivity contribution in [2.45, 2.75) is 52.9 Å². The molecule has 10 aromatic carbocycles. The maximum absolute atomic E-state index is 13.5. The number of carbonyl (C=O) groups excluding carboxylic acids is 6. The number of phenols is 1. The van der Waals surface area contributed by atoms with E-state index >= 15 is 0 Å². The van der Waals surface area contributed by atoms with Gasteiger partial charge in [-0.3, -0.25) is 29.1 Å². The number of aliphatic hydroxyl groups excluding tert-OH is 2. The lowest BCUT2D eigenvalue weighted by atomic mass is 9.93. The van der Waals surface area contributed by atoms with Gasteiger partial charge in [0.2, 0.25) is 0 Å². The number of hydrogen-bond acceptors (Lipinski definition) is 20. The van der Waals surface area contributed by atoms with Crippen molar-refractivity contribution >= 4 is 114 Å². The van der Waals surface area contributed by atoms with Crippen molar-refractivity contribution in [1.82, 2.24) is 29.8 Å². The lowest BCUT2D eigenvalue weighted by Crippen LogP contribution is -2.25. The molecule has 2 aliphatic rings. The number of benzene rings is 10. The summed E-state index contributed by atoms with van der Waals surface area (Å²) in [5.74, 6) is -0.500. The maximum atomic E-state index is 13.5. The Labute approximate surface area is 739 Å². The number of nitrogen functional groups attached to an aromatic ring is 1. The average Bonchev–Trinajstić information content (AvgIpc) is 1.60. The summed E-state index contributed by atoms with van der Waals surface area (Å²) in [7, 11) is 7.35. The third-order valence-corrected chi connectivity index (χ3v) is 18.2. The van der Waals surface area contributed by atoms with Crippen LogP contribution in [0.15, 0.2) is 291 Å². The Morgan fingerprint density at radius 2 is 0.828 bits per heavy atom. The van der Waals surface area contributed by atoms with Gasteiger partial charge in [0.05, 0.1) is 89.0 Å². The number of phenolic OH excluding ortho intramolecular Hbond substituents is 1. The second-order valence-electron chi connectivity index (χ2n) is 25.6. The van der Waals surface area contributed by atoms with Gasteiger partial charge in [-0.15, -0.1) is 47.3 Å². The van der Waals surface area contributed by atoms with Gasteiger partial charge in [0, 0.05) is 53.6 Å². The minimum Gasteiger partial charge on any atom is -0.511 e. The summed E-state index contributed by atoms with van der Waals surface area (Å²) in [5, 5.41) is 47.8. The quantitative estimate of drug-likeness (QED) is 0.0175. The molecule has 0 saturated heterocycles. The molecule has 0 radical (unpaired) electrons. The van der Waals surface area contributed by atoms with E-state index in [9.17, 15) is 44.1 Å². The Morgan fingerprint density at radius 1 is 0.484 bits per heavy atom. The van der Waals surface area contributed by atoms with Crippen LogP contribution in [0.5, 0.6) is 23.0 Å². The molecule has 0 bridgehead atoms. The zero-order chi connectivity index (χ0) is 88.9. The summed E-state index contributed by atoms with van der Waals surface area (Å²) in [6.45, 7) is 6.23. The summed E-state index contributed by atoms with van der Waals surface area (Å²) in [5.41, 5.74) is 20.5. The number of hydrogen-bond donors (Lipinski definition) is 5. The molecule has 23 nitrogen and oxygen atoms in total. The second-order valence-corrected chi connectivity index (χ2v) is 32.3. The lowest BCUT2D eigenvalue weighted by Gasteiger charge is -2.18. The molecule has 13 aromatic rings. The molecule has 3 aromatic heterocycles. The zero-order valence-corrected chi connectivity index (χ0v) is 73.4. The Kier molecular flexibility index (Phi) is 36.7. The SMILES string of the molecule is BrB(Br)Br.CCOC(=O)C(C(=O)OC)c1ccc(OC)cc1.CCOC(=O)Cl.COC(=O)Cc1ccc(OC)cc1.COc1ccc(C2=C(O)Cc3c(-c4ccccc4)c(-c4ccccc4)nn3C2=O)cc1.Nc1n[nH]c(-c2ccccc2)c1-c1ccccc1.O=C1C(c2ccc(O)cc2)=C(O)Cc2c(-c3ccccc3)c(-c3ccccc3)nn21.[2H]CC. The smallest absolute Gasteiger partial charge is 0.403 e. The molecule has 0 saturated carbocycles. The van der Waals surface area contributed by atoms with Gasteiger partial charge in [-0.05, 0) is 101 Å². The van der Waals surface area contributed by atoms with Gasteiger partial charge in [0.1, 0.15) is 45.9 Å². The van der Waals surface area contributed by atoms with E-state index in [1.54, 1.807) is 95.7 Å². The Morgan fingerprint density at radius 3 is 1.17 bits per heavy atom. The van der Waals surface area contributed by atoms with E-state index in [1.165, 1.54) is 42.8 Å². The number of aromatic hydroxyl groups is 1. The highest BCUT2D eigenvalue weighted by molar-refractivity contribution is 9.69. The number of anilines is 1. The fraction of sp³-hybridized carbons (Fsp3) is 0.160. The topological polar surface area (TPSA) is 318 Å². The predicted molar refractivity (Wildman–Crippen MR) is 489 cm³/mol. The standard InChI is InChI=1S/C26H20N2O3.C25H18N2O3.C15H13N3.C13H16O5.C10H12O3.C3H5ClO2.C2H6.BBr3/c1-31-20-14-12-18(13-15-20)24-22(29)16-21-23(17-8-4-2-5-9-17)25(27-28(21)26(24)30)19-10-6-3-7-11-19;28-19-13-11-17(12-14-19)23-21(29)15-20-22(16-7-3-1-4-8-16)24(26-27(20)25(23)30)18-9-5-2-6-10-18;16-15-13(11-7-3-1-4-8-11)14(17-18-15)12-9-5-2-6-10-12;1-4-18-13(15)11(12(14)17-3)9-5-7-10(16-2)8-6-9;1-12-9-5-3-8(4-6-9)7-10(11)13-2;1-2-6-3(4)5;1-2;2-1(3)4/h2-15,29H,16H2,1H3;1-14,28-29H,15H2;1-10H,(H3,16,17,18);5-8,11H,4H2,1-3H3;3-6H,7H2,1-2H3;2H2,1H3;1-2H3;/i;;;;;;1D;. The van der Waals surface area contributed by atoms with Crippen LogP contribution in [0.25, 0.3) is 78.3 Å². The van der Waals surface area contributed by atoms with Gasteiger partial charge in [0.25, 0.3) is 11.8 Å². The number of H-pyrrole nitrogens is 1. The first-order valence-corrected chi connectivity index (χ1v) is 41.0. The van der Waals surface area contributed by atoms with Crippen molar-refractivity contribution in [3.05, 3.63) is 324 Å². The molecule has 122 heavy (non-hydrogen) atoms. The molecule has 28 heteroatoms. The van der Waals surface area contributed by atoms with E-state index < -0.39 is 23.3 Å². The number of aromatic nitrogens is 6. The van der Waals surface area contributed by atoms with Crippen LogP contribution in [0.3, 0.4) is 0 Å². The van der Waals surface area contributed by atoms with Crippen LogP contribution in [0, 0.1) is 0 Å². The molecule has 1 unspecified atom stereocenters. The zero-order valence-electron chi connectivity index (χ0n) is 68.9. The first-order chi connectivity index (χ1) is 59.5. The van der Waals surface area contributed by atoms with E-state index in [4.69, 9.17) is 42.8 Å². The van der Waals surface area contributed by atoms with Crippen LogP contribution in [0.1, 0.15) is 78.2 Å². The fourth-order valence-electron chi connectivity index (χ4n) is 12.6.